The highest BCUT2D eigenvalue weighted by atomic mass is 16.4. The quantitative estimate of drug-likeness (QED) is 0.0672. The molecule has 0 aromatic carbocycles. The van der Waals surface area contributed by atoms with Gasteiger partial charge < -0.3 is 10.4 Å². The molecule has 1 unspecified atom stereocenters. The molecule has 0 spiro atoms. The van der Waals surface area contributed by atoms with Gasteiger partial charge in [-0.1, -0.05) is 181 Å². The van der Waals surface area contributed by atoms with Crippen LogP contribution in [0.1, 0.15) is 201 Å². The fourth-order valence-corrected chi connectivity index (χ4v) is 5.07. The van der Waals surface area contributed by atoms with Crippen LogP contribution in [0.3, 0.4) is 0 Å². The minimum atomic E-state index is -0.942. The number of hydrogen-bond donors (Lipinski definition) is 2. The second-order valence-corrected chi connectivity index (χ2v) is 11.5. The number of carboxylic acids is 1. The number of rotatable bonds is 30. The first-order valence-electron chi connectivity index (χ1n) is 17.8. The van der Waals surface area contributed by atoms with E-state index in [1.165, 1.54) is 135 Å². The van der Waals surface area contributed by atoms with Crippen LogP contribution in [-0.2, 0) is 9.59 Å². The first-order valence-corrected chi connectivity index (χ1v) is 17.8. The molecular formula is C36H71NO3. The maximum absolute atomic E-state index is 12.2. The zero-order chi connectivity index (χ0) is 29.9. The lowest BCUT2D eigenvalue weighted by molar-refractivity contribution is -0.141. The Morgan fingerprint density at radius 1 is 0.550 bits per heavy atom. The zero-order valence-corrected chi connectivity index (χ0v) is 27.6. The molecule has 40 heavy (non-hydrogen) atoms. The summed E-state index contributed by atoms with van der Waals surface area (Å²) < 4.78 is 0. The van der Waals surface area contributed by atoms with Crippen molar-refractivity contribution in [3.05, 3.63) is 12.2 Å². The third-order valence-electron chi connectivity index (χ3n) is 7.65. The average Bonchev–Trinajstić information content (AvgIpc) is 2.96. The van der Waals surface area contributed by atoms with E-state index in [9.17, 15) is 14.7 Å². The number of amides is 1. The molecule has 0 aliphatic carbocycles. The van der Waals surface area contributed by atoms with E-state index in [0.717, 1.165) is 25.7 Å². The standard InChI is InChI=1S/C34H65NO3.C2H6/c1-3-5-7-9-11-13-15-17-19-20-22-24-26-28-30-32(34(37)38)35-33(36)31-29-27-25-23-21-18-16-14-12-10-8-6-4-2;1-2/h26,28,32H,3-25,27,29-31H2,1-2H3,(H,35,36)(H,37,38);1-2H3/b28-26+;. The fourth-order valence-electron chi connectivity index (χ4n) is 5.07. The van der Waals surface area contributed by atoms with Crippen LogP contribution >= 0.6 is 0 Å². The van der Waals surface area contributed by atoms with Crippen molar-refractivity contribution in [2.75, 3.05) is 0 Å². The van der Waals surface area contributed by atoms with Gasteiger partial charge in [0.2, 0.25) is 5.91 Å². The molecule has 238 valence electrons. The number of unbranched alkanes of at least 4 members (excludes halogenated alkanes) is 23. The van der Waals surface area contributed by atoms with Crippen LogP contribution in [0.4, 0.5) is 0 Å². The predicted molar refractivity (Wildman–Crippen MR) is 176 cm³/mol. The van der Waals surface area contributed by atoms with Gasteiger partial charge in [0.15, 0.2) is 0 Å². The van der Waals surface area contributed by atoms with Crippen molar-refractivity contribution in [2.24, 2.45) is 0 Å². The van der Waals surface area contributed by atoms with Gasteiger partial charge in [0.1, 0.15) is 6.04 Å². The fraction of sp³-hybridized carbons (Fsp3) is 0.889. The molecular weight excluding hydrogens is 494 g/mol. The van der Waals surface area contributed by atoms with Gasteiger partial charge >= 0.3 is 5.97 Å². The third-order valence-corrected chi connectivity index (χ3v) is 7.65. The Kier molecular flexibility index (Phi) is 36.4. The highest BCUT2D eigenvalue weighted by molar-refractivity contribution is 5.83. The minimum absolute atomic E-state index is 0.126. The highest BCUT2D eigenvalue weighted by Crippen LogP contribution is 2.14. The second-order valence-electron chi connectivity index (χ2n) is 11.5. The summed E-state index contributed by atoms with van der Waals surface area (Å²) in [5, 5.41) is 12.2. The van der Waals surface area contributed by atoms with E-state index in [2.05, 4.69) is 25.2 Å². The van der Waals surface area contributed by atoms with Gasteiger partial charge in [-0.15, -0.1) is 0 Å². The number of carbonyl (C=O) groups is 2. The summed E-state index contributed by atoms with van der Waals surface area (Å²) in [4.78, 5) is 23.7. The van der Waals surface area contributed by atoms with E-state index in [4.69, 9.17) is 0 Å². The van der Waals surface area contributed by atoms with E-state index in [1.54, 1.807) is 0 Å². The van der Waals surface area contributed by atoms with Crippen molar-refractivity contribution in [1.82, 2.24) is 5.32 Å². The molecule has 0 aromatic rings. The van der Waals surface area contributed by atoms with Crippen LogP contribution in [0.5, 0.6) is 0 Å². The number of aliphatic carboxylic acids is 1. The van der Waals surface area contributed by atoms with Crippen LogP contribution in [0.25, 0.3) is 0 Å². The van der Waals surface area contributed by atoms with Gasteiger partial charge in [0.25, 0.3) is 0 Å². The van der Waals surface area contributed by atoms with Gasteiger partial charge in [0.05, 0.1) is 0 Å². The monoisotopic (exact) mass is 566 g/mol. The SMILES string of the molecule is CC.CCCCCCCCCCCCC/C=C/CC(NC(=O)CCCCCCCCCCCCCCC)C(=O)O. The van der Waals surface area contributed by atoms with Crippen molar-refractivity contribution >= 4 is 11.9 Å². The molecule has 2 N–H and O–H groups in total. The predicted octanol–water partition coefficient (Wildman–Crippen LogP) is 11.7. The lowest BCUT2D eigenvalue weighted by atomic mass is 10.0. The molecule has 0 heterocycles. The average molecular weight is 566 g/mol. The third kappa shape index (κ3) is 32.9. The van der Waals surface area contributed by atoms with Gasteiger partial charge in [-0.25, -0.2) is 4.79 Å². The topological polar surface area (TPSA) is 66.4 Å². The van der Waals surface area contributed by atoms with Gasteiger partial charge in [-0.3, -0.25) is 4.79 Å². The molecule has 1 amide bonds. The Labute approximate surface area is 250 Å². The number of carbonyl (C=O) groups excluding carboxylic acids is 1. The Hall–Kier alpha value is -1.32. The zero-order valence-electron chi connectivity index (χ0n) is 27.6. The van der Waals surface area contributed by atoms with Crippen LogP contribution in [-0.4, -0.2) is 23.0 Å². The highest BCUT2D eigenvalue weighted by Gasteiger charge is 2.17. The van der Waals surface area contributed by atoms with E-state index in [1.807, 2.05) is 19.9 Å². The summed E-state index contributed by atoms with van der Waals surface area (Å²) in [5.41, 5.74) is 0. The molecule has 0 aromatic heterocycles. The molecule has 0 radical (unpaired) electrons. The molecule has 4 heteroatoms. The molecule has 0 rings (SSSR count). The van der Waals surface area contributed by atoms with Crippen molar-refractivity contribution in [3.63, 3.8) is 0 Å². The van der Waals surface area contributed by atoms with E-state index < -0.39 is 12.0 Å². The van der Waals surface area contributed by atoms with Crippen LogP contribution in [0, 0.1) is 0 Å². The molecule has 0 aliphatic rings. The summed E-state index contributed by atoms with van der Waals surface area (Å²) in [5.74, 6) is -1.07. The molecule has 0 fully saturated rings. The van der Waals surface area contributed by atoms with Crippen molar-refractivity contribution < 1.29 is 14.7 Å². The van der Waals surface area contributed by atoms with Crippen LogP contribution in [0.15, 0.2) is 12.2 Å². The Morgan fingerprint density at radius 3 is 1.27 bits per heavy atom. The maximum Gasteiger partial charge on any atom is 0.326 e. The van der Waals surface area contributed by atoms with Crippen molar-refractivity contribution in [1.29, 1.82) is 0 Å². The summed E-state index contributed by atoms with van der Waals surface area (Å²) in [7, 11) is 0. The first-order chi connectivity index (χ1) is 19.6. The summed E-state index contributed by atoms with van der Waals surface area (Å²) >= 11 is 0. The maximum atomic E-state index is 12.2. The number of allylic oxidation sites excluding steroid dienone is 1. The van der Waals surface area contributed by atoms with E-state index >= 15 is 0 Å². The Balaban J connectivity index is 0. The molecule has 0 saturated heterocycles. The minimum Gasteiger partial charge on any atom is -0.480 e. The summed E-state index contributed by atoms with van der Waals surface area (Å²) in [6, 6.07) is -0.807. The normalized spacial score (nSPS) is 11.8. The number of nitrogens with one attached hydrogen (secondary N) is 1. The smallest absolute Gasteiger partial charge is 0.326 e. The Morgan fingerprint density at radius 2 is 0.900 bits per heavy atom. The molecule has 0 saturated carbocycles. The van der Waals surface area contributed by atoms with Gasteiger partial charge in [-0.2, -0.15) is 0 Å². The molecule has 0 bridgehead atoms. The van der Waals surface area contributed by atoms with Crippen LogP contribution < -0.4 is 5.32 Å². The summed E-state index contributed by atoms with van der Waals surface area (Å²) in [6.07, 6.45) is 37.1. The lowest BCUT2D eigenvalue weighted by Crippen LogP contribution is -2.40. The van der Waals surface area contributed by atoms with E-state index in [-0.39, 0.29) is 5.91 Å². The number of hydrogen-bond acceptors (Lipinski definition) is 2. The number of carboxylic acid groups (broad SMARTS) is 1. The van der Waals surface area contributed by atoms with Gasteiger partial charge in [0, 0.05) is 6.42 Å². The van der Waals surface area contributed by atoms with E-state index in [0.29, 0.717) is 12.8 Å². The van der Waals surface area contributed by atoms with Crippen molar-refractivity contribution in [3.8, 4) is 0 Å². The Bertz CT molecular complexity index is 546. The first kappa shape index (κ1) is 40.8. The lowest BCUT2D eigenvalue weighted by Gasteiger charge is -2.12. The molecule has 1 atom stereocenters. The second kappa shape index (κ2) is 35.7. The van der Waals surface area contributed by atoms with Crippen molar-refractivity contribution in [2.45, 2.75) is 207 Å². The van der Waals surface area contributed by atoms with Crippen LogP contribution in [0.2, 0.25) is 0 Å². The molecule has 4 nitrogen and oxygen atoms in total. The molecule has 0 aliphatic heterocycles. The van der Waals surface area contributed by atoms with Gasteiger partial charge in [-0.05, 0) is 25.7 Å². The largest absolute Gasteiger partial charge is 0.480 e. The summed E-state index contributed by atoms with van der Waals surface area (Å²) in [6.45, 7) is 8.53.